The number of fused-ring (bicyclic) bond motifs is 1. The molecule has 2 N–H and O–H groups in total. The number of carbonyl (C=O) groups excluding carboxylic acids is 1. The van der Waals surface area contributed by atoms with Crippen LogP contribution in [0.1, 0.15) is 23.6 Å². The minimum Gasteiger partial charge on any atom is -0.338 e. The summed E-state index contributed by atoms with van der Waals surface area (Å²) in [6.07, 6.45) is -0.636. The standard InChI is InChI=1S/C16H18F3N5O/c1-10-6-12(4-5-20-10)22-15(25)21-7-11-2-3-14-23-13(16(17,18)19)9-24(14)8-11/h4-6,9,11H,2-3,7-8H2,1H3,(H2,20,21,22,25)/t11-/m0/s1. The number of nitrogens with zero attached hydrogens (tertiary/aromatic N) is 3. The first-order valence-electron chi connectivity index (χ1n) is 7.92. The number of anilines is 1. The van der Waals surface area contributed by atoms with Gasteiger partial charge in [0.1, 0.15) is 5.82 Å². The predicted octanol–water partition coefficient (Wildman–Crippen LogP) is 2.99. The third-order valence-corrected chi connectivity index (χ3v) is 4.09. The lowest BCUT2D eigenvalue weighted by Gasteiger charge is -2.23. The summed E-state index contributed by atoms with van der Waals surface area (Å²) in [4.78, 5) is 19.6. The lowest BCUT2D eigenvalue weighted by molar-refractivity contribution is -0.141. The predicted molar refractivity (Wildman–Crippen MR) is 85.0 cm³/mol. The number of hydrogen-bond acceptors (Lipinski definition) is 3. The summed E-state index contributed by atoms with van der Waals surface area (Å²) in [5.41, 5.74) is 0.570. The topological polar surface area (TPSA) is 71.8 Å². The first-order chi connectivity index (χ1) is 11.8. The Bertz CT molecular complexity index is 771. The normalized spacial score (nSPS) is 17.0. The average Bonchev–Trinajstić information content (AvgIpc) is 2.96. The number of amides is 2. The molecule has 3 heterocycles. The van der Waals surface area contributed by atoms with E-state index in [0.29, 0.717) is 37.4 Å². The molecule has 0 aliphatic carbocycles. The molecule has 25 heavy (non-hydrogen) atoms. The average molecular weight is 353 g/mol. The minimum absolute atomic E-state index is 0.0627. The zero-order chi connectivity index (χ0) is 18.0. The van der Waals surface area contributed by atoms with E-state index in [-0.39, 0.29) is 11.9 Å². The highest BCUT2D eigenvalue weighted by atomic mass is 19.4. The number of urea groups is 1. The summed E-state index contributed by atoms with van der Waals surface area (Å²) >= 11 is 0. The van der Waals surface area contributed by atoms with Gasteiger partial charge in [0.05, 0.1) is 0 Å². The Kier molecular flexibility index (Phi) is 4.65. The fraction of sp³-hybridized carbons (Fsp3) is 0.438. The summed E-state index contributed by atoms with van der Waals surface area (Å²) in [7, 11) is 0. The van der Waals surface area contributed by atoms with Crippen molar-refractivity contribution in [1.82, 2.24) is 19.9 Å². The zero-order valence-electron chi connectivity index (χ0n) is 13.6. The maximum Gasteiger partial charge on any atom is 0.434 e. The van der Waals surface area contributed by atoms with E-state index in [1.165, 1.54) is 4.57 Å². The summed E-state index contributed by atoms with van der Waals surface area (Å²) in [5.74, 6) is 0.507. The molecule has 1 atom stereocenters. The van der Waals surface area contributed by atoms with Gasteiger partial charge in [-0.2, -0.15) is 13.2 Å². The fourth-order valence-corrected chi connectivity index (χ4v) is 2.85. The van der Waals surface area contributed by atoms with Crippen molar-refractivity contribution in [1.29, 1.82) is 0 Å². The molecule has 0 unspecified atom stereocenters. The zero-order valence-corrected chi connectivity index (χ0v) is 13.6. The second kappa shape index (κ2) is 6.73. The number of rotatable bonds is 3. The van der Waals surface area contributed by atoms with E-state index < -0.39 is 11.9 Å². The molecule has 2 amide bonds. The molecule has 0 saturated heterocycles. The molecule has 0 bridgehead atoms. The van der Waals surface area contributed by atoms with Crippen molar-refractivity contribution in [2.75, 3.05) is 11.9 Å². The van der Waals surface area contributed by atoms with Gasteiger partial charge in [0.15, 0.2) is 5.69 Å². The Labute approximate surface area is 142 Å². The third kappa shape index (κ3) is 4.28. The van der Waals surface area contributed by atoms with E-state index in [1.54, 1.807) is 18.3 Å². The number of aryl methyl sites for hydroxylation is 2. The van der Waals surface area contributed by atoms with Crippen molar-refractivity contribution in [3.05, 3.63) is 41.7 Å². The molecule has 134 valence electrons. The molecule has 0 spiro atoms. The van der Waals surface area contributed by atoms with E-state index in [9.17, 15) is 18.0 Å². The molecule has 2 aromatic rings. The van der Waals surface area contributed by atoms with Gasteiger partial charge in [-0.15, -0.1) is 0 Å². The van der Waals surface area contributed by atoms with Crippen molar-refractivity contribution >= 4 is 11.7 Å². The quantitative estimate of drug-likeness (QED) is 0.891. The number of carbonyl (C=O) groups is 1. The number of halogens is 3. The molecule has 1 aliphatic heterocycles. The summed E-state index contributed by atoms with van der Waals surface area (Å²) in [6, 6.07) is 3.08. The fourth-order valence-electron chi connectivity index (χ4n) is 2.85. The molecule has 0 aromatic carbocycles. The van der Waals surface area contributed by atoms with Gasteiger partial charge in [-0.1, -0.05) is 0 Å². The highest BCUT2D eigenvalue weighted by Gasteiger charge is 2.35. The van der Waals surface area contributed by atoms with E-state index in [2.05, 4.69) is 20.6 Å². The van der Waals surface area contributed by atoms with E-state index in [4.69, 9.17) is 0 Å². The van der Waals surface area contributed by atoms with Crippen molar-refractivity contribution in [3.63, 3.8) is 0 Å². The Morgan fingerprint density at radius 1 is 1.44 bits per heavy atom. The van der Waals surface area contributed by atoms with Gasteiger partial charge >= 0.3 is 12.2 Å². The lowest BCUT2D eigenvalue weighted by atomic mass is 9.99. The van der Waals surface area contributed by atoms with Crippen LogP contribution in [0, 0.1) is 12.8 Å². The van der Waals surface area contributed by atoms with Crippen LogP contribution in [0.15, 0.2) is 24.5 Å². The largest absolute Gasteiger partial charge is 0.434 e. The molecular formula is C16H18F3N5O. The molecule has 6 nitrogen and oxygen atoms in total. The van der Waals surface area contributed by atoms with Crippen LogP contribution >= 0.6 is 0 Å². The van der Waals surface area contributed by atoms with Crippen LogP contribution in [0.25, 0.3) is 0 Å². The van der Waals surface area contributed by atoms with Gasteiger partial charge in [-0.3, -0.25) is 4.98 Å². The Morgan fingerprint density at radius 3 is 2.96 bits per heavy atom. The second-order valence-corrected chi connectivity index (χ2v) is 6.12. The van der Waals surface area contributed by atoms with Crippen LogP contribution in [0.4, 0.5) is 23.7 Å². The van der Waals surface area contributed by atoms with Gasteiger partial charge < -0.3 is 15.2 Å². The maximum atomic E-state index is 12.7. The smallest absolute Gasteiger partial charge is 0.338 e. The number of pyridine rings is 1. The minimum atomic E-state index is -4.43. The first kappa shape index (κ1) is 17.2. The molecule has 0 saturated carbocycles. The van der Waals surface area contributed by atoms with Crippen molar-refractivity contribution in [2.45, 2.75) is 32.5 Å². The summed E-state index contributed by atoms with van der Waals surface area (Å²) in [5, 5.41) is 5.47. The van der Waals surface area contributed by atoms with Gasteiger partial charge in [-0.05, 0) is 31.4 Å². The number of nitrogens with one attached hydrogen (secondary N) is 2. The highest BCUT2D eigenvalue weighted by molar-refractivity contribution is 5.89. The molecule has 1 aliphatic rings. The van der Waals surface area contributed by atoms with E-state index >= 15 is 0 Å². The monoisotopic (exact) mass is 353 g/mol. The summed E-state index contributed by atoms with van der Waals surface area (Å²) < 4.78 is 39.7. The highest BCUT2D eigenvalue weighted by Crippen LogP contribution is 2.30. The number of alkyl halides is 3. The second-order valence-electron chi connectivity index (χ2n) is 6.12. The van der Waals surface area contributed by atoms with Crippen LogP contribution in [0.2, 0.25) is 0 Å². The van der Waals surface area contributed by atoms with Gasteiger partial charge in [-0.25, -0.2) is 9.78 Å². The molecule has 0 fully saturated rings. The molecule has 0 radical (unpaired) electrons. The molecule has 2 aromatic heterocycles. The van der Waals surface area contributed by atoms with Crippen LogP contribution in [-0.2, 0) is 19.1 Å². The lowest BCUT2D eigenvalue weighted by Crippen LogP contribution is -2.36. The SMILES string of the molecule is Cc1cc(NC(=O)NC[C@@H]2CCc3nc(C(F)(F)F)cn3C2)ccn1. The molecule has 3 rings (SSSR count). The van der Waals surface area contributed by atoms with Gasteiger partial charge in [0, 0.05) is 43.3 Å². The van der Waals surface area contributed by atoms with Crippen LogP contribution in [0.5, 0.6) is 0 Å². The van der Waals surface area contributed by atoms with Crippen molar-refractivity contribution in [2.24, 2.45) is 5.92 Å². The molecule has 9 heteroatoms. The number of aromatic nitrogens is 3. The number of hydrogen-bond donors (Lipinski definition) is 2. The summed E-state index contributed by atoms with van der Waals surface area (Å²) in [6.45, 7) is 2.62. The van der Waals surface area contributed by atoms with Gasteiger partial charge in [0.25, 0.3) is 0 Å². The number of imidazole rings is 1. The third-order valence-electron chi connectivity index (χ3n) is 4.09. The van der Waals surface area contributed by atoms with Gasteiger partial charge in [0.2, 0.25) is 0 Å². The Morgan fingerprint density at radius 2 is 2.24 bits per heavy atom. The first-order valence-corrected chi connectivity index (χ1v) is 7.92. The molecular weight excluding hydrogens is 335 g/mol. The van der Waals surface area contributed by atoms with Crippen molar-refractivity contribution < 1.29 is 18.0 Å². The van der Waals surface area contributed by atoms with Crippen LogP contribution in [-0.4, -0.2) is 27.1 Å². The van der Waals surface area contributed by atoms with E-state index in [0.717, 1.165) is 11.9 Å². The Balaban J connectivity index is 1.53. The Hall–Kier alpha value is -2.58. The van der Waals surface area contributed by atoms with Crippen LogP contribution < -0.4 is 10.6 Å². The van der Waals surface area contributed by atoms with Crippen LogP contribution in [0.3, 0.4) is 0 Å². The van der Waals surface area contributed by atoms with E-state index in [1.807, 2.05) is 6.92 Å². The van der Waals surface area contributed by atoms with Crippen molar-refractivity contribution in [3.8, 4) is 0 Å². The maximum absolute atomic E-state index is 12.7.